The summed E-state index contributed by atoms with van der Waals surface area (Å²) in [6.07, 6.45) is 12.3. The molecule has 1 atom stereocenters. The highest BCUT2D eigenvalue weighted by molar-refractivity contribution is 5.99. The fraction of sp³-hybridized carbons (Fsp3) is 0.710. The number of hydrogen-bond donors (Lipinski definition) is 1. The molecule has 0 bridgehead atoms. The molecule has 2 aliphatic carbocycles. The summed E-state index contributed by atoms with van der Waals surface area (Å²) in [6.45, 7) is 15.8. The van der Waals surface area contributed by atoms with Crippen molar-refractivity contribution in [3.63, 3.8) is 0 Å². The largest absolute Gasteiger partial charge is 0.368 e. The standard InChI is InChI=1S/C31H48N6O2/c1-7-9-25-29(32-8-2)35-27(36-30(25)34-26-18-22(31(4,5)6)11-10-21(26)3)19-37-16-14-24(15-17-37)39-20-28(38)33-23-12-13-23/h8,18,21,23-24H,7,9-17,19-20H2,1-6H3,(H,33,38). The predicted molar refractivity (Wildman–Crippen MR) is 158 cm³/mol. The molecule has 1 aliphatic heterocycles. The molecule has 1 N–H and O–H groups in total. The first-order valence-electron chi connectivity index (χ1n) is 15.0. The van der Waals surface area contributed by atoms with Crippen LogP contribution >= 0.6 is 0 Å². The van der Waals surface area contributed by atoms with Gasteiger partial charge >= 0.3 is 0 Å². The second-order valence-corrected chi connectivity index (χ2v) is 12.4. The number of piperidine rings is 1. The van der Waals surface area contributed by atoms with Gasteiger partial charge in [-0.15, -0.1) is 0 Å². The molecule has 0 radical (unpaired) electrons. The Hall–Kier alpha value is -2.45. The number of carbonyl (C=O) groups excluding carboxylic acids is 1. The fourth-order valence-electron chi connectivity index (χ4n) is 5.26. The van der Waals surface area contributed by atoms with Crippen LogP contribution in [0.3, 0.4) is 0 Å². The van der Waals surface area contributed by atoms with Gasteiger partial charge in [-0.3, -0.25) is 9.69 Å². The number of ether oxygens (including phenoxy) is 1. The van der Waals surface area contributed by atoms with Crippen LogP contribution in [0.2, 0.25) is 0 Å². The monoisotopic (exact) mass is 536 g/mol. The maximum atomic E-state index is 12.0. The van der Waals surface area contributed by atoms with E-state index in [0.29, 0.717) is 18.5 Å². The third-order valence-electron chi connectivity index (χ3n) is 7.93. The van der Waals surface area contributed by atoms with E-state index in [1.54, 1.807) is 0 Å². The molecule has 3 aliphatic rings. The zero-order valence-electron chi connectivity index (χ0n) is 24.9. The first-order chi connectivity index (χ1) is 18.7. The number of hydrogen-bond acceptors (Lipinski definition) is 7. The minimum atomic E-state index is 0.00964. The fourth-order valence-corrected chi connectivity index (χ4v) is 5.26. The van der Waals surface area contributed by atoms with Gasteiger partial charge in [-0.25, -0.2) is 20.0 Å². The molecule has 1 aromatic heterocycles. The van der Waals surface area contributed by atoms with Crippen molar-refractivity contribution in [1.82, 2.24) is 20.2 Å². The van der Waals surface area contributed by atoms with Crippen LogP contribution in [-0.2, 0) is 22.5 Å². The average molecular weight is 537 g/mol. The Kier molecular flexibility index (Phi) is 10.0. The summed E-state index contributed by atoms with van der Waals surface area (Å²) in [5, 5.41) is 2.99. The highest BCUT2D eigenvalue weighted by atomic mass is 16.5. The van der Waals surface area contributed by atoms with E-state index in [9.17, 15) is 4.79 Å². The topological polar surface area (TPSA) is 92.1 Å². The number of aliphatic imine (C=N–C) groups is 2. The van der Waals surface area contributed by atoms with Gasteiger partial charge in [0, 0.05) is 36.6 Å². The SMILES string of the molecule is CC=Nc1nc(CN2CCC(OCC(=O)NC3CC3)CC2)nc(N=C2C=C(C(C)(C)C)CCC2C)c1CCC. The van der Waals surface area contributed by atoms with Gasteiger partial charge in [0.1, 0.15) is 12.4 Å². The Morgan fingerprint density at radius 2 is 1.87 bits per heavy atom. The summed E-state index contributed by atoms with van der Waals surface area (Å²) in [5.74, 6) is 2.69. The lowest BCUT2D eigenvalue weighted by Gasteiger charge is -2.31. The van der Waals surface area contributed by atoms with Gasteiger partial charge in [-0.2, -0.15) is 0 Å². The second-order valence-electron chi connectivity index (χ2n) is 12.4. The van der Waals surface area contributed by atoms with Crippen LogP contribution < -0.4 is 5.32 Å². The number of amides is 1. The molecule has 1 aromatic rings. The quantitative estimate of drug-likeness (QED) is 0.377. The number of aromatic nitrogens is 2. The normalized spacial score (nSPS) is 22.5. The van der Waals surface area contributed by atoms with Gasteiger partial charge in [0.05, 0.1) is 12.6 Å². The zero-order chi connectivity index (χ0) is 28.0. The van der Waals surface area contributed by atoms with Crippen molar-refractivity contribution in [2.24, 2.45) is 21.3 Å². The number of likely N-dealkylation sites (tertiary alicyclic amines) is 1. The lowest BCUT2D eigenvalue weighted by Crippen LogP contribution is -2.39. The van der Waals surface area contributed by atoms with E-state index < -0.39 is 0 Å². The zero-order valence-corrected chi connectivity index (χ0v) is 24.9. The van der Waals surface area contributed by atoms with E-state index in [2.05, 4.69) is 55.9 Å². The van der Waals surface area contributed by atoms with Crippen LogP contribution in [0.5, 0.6) is 0 Å². The lowest BCUT2D eigenvalue weighted by atomic mass is 9.77. The smallest absolute Gasteiger partial charge is 0.246 e. The number of nitrogens with one attached hydrogen (secondary N) is 1. The summed E-state index contributed by atoms with van der Waals surface area (Å²) in [7, 11) is 0. The van der Waals surface area contributed by atoms with Gasteiger partial charge < -0.3 is 10.1 Å². The molecule has 4 rings (SSSR count). The van der Waals surface area contributed by atoms with Gasteiger partial charge in [0.2, 0.25) is 5.91 Å². The number of carbonyl (C=O) groups is 1. The molecule has 1 saturated heterocycles. The van der Waals surface area contributed by atoms with Gasteiger partial charge in [0.25, 0.3) is 0 Å². The van der Waals surface area contributed by atoms with Crippen molar-refractivity contribution in [3.05, 3.63) is 23.0 Å². The van der Waals surface area contributed by atoms with Crippen LogP contribution in [0.1, 0.15) is 97.9 Å². The Labute approximate surface area is 234 Å². The van der Waals surface area contributed by atoms with Crippen molar-refractivity contribution in [1.29, 1.82) is 0 Å². The maximum Gasteiger partial charge on any atom is 0.246 e. The van der Waals surface area contributed by atoms with Gasteiger partial charge in [-0.1, -0.05) is 46.6 Å². The van der Waals surface area contributed by atoms with E-state index in [4.69, 9.17) is 19.7 Å². The molecule has 2 fully saturated rings. The molecule has 8 heteroatoms. The van der Waals surface area contributed by atoms with E-state index in [1.807, 2.05) is 13.1 Å². The Balaban J connectivity index is 1.50. The second kappa shape index (κ2) is 13.3. The highest BCUT2D eigenvalue weighted by Gasteiger charge is 2.27. The van der Waals surface area contributed by atoms with E-state index in [-0.39, 0.29) is 24.0 Å². The third kappa shape index (κ3) is 8.52. The molecule has 0 aromatic carbocycles. The maximum absolute atomic E-state index is 12.0. The average Bonchev–Trinajstić information content (AvgIpc) is 3.70. The highest BCUT2D eigenvalue weighted by Crippen LogP contribution is 2.36. The molecule has 0 spiro atoms. The molecular formula is C31H48N6O2. The van der Waals surface area contributed by atoms with Gasteiger partial charge in [0.15, 0.2) is 11.6 Å². The number of rotatable bonds is 10. The Morgan fingerprint density at radius 3 is 2.51 bits per heavy atom. The lowest BCUT2D eigenvalue weighted by molar-refractivity contribution is -0.128. The van der Waals surface area contributed by atoms with Crippen molar-refractivity contribution < 1.29 is 9.53 Å². The Morgan fingerprint density at radius 1 is 1.15 bits per heavy atom. The predicted octanol–water partition coefficient (Wildman–Crippen LogP) is 5.89. The summed E-state index contributed by atoms with van der Waals surface area (Å²) in [6, 6.07) is 0.376. The summed E-state index contributed by atoms with van der Waals surface area (Å²) in [4.78, 5) is 34.1. The molecule has 39 heavy (non-hydrogen) atoms. The summed E-state index contributed by atoms with van der Waals surface area (Å²) >= 11 is 0. The molecule has 8 nitrogen and oxygen atoms in total. The van der Waals surface area contributed by atoms with Crippen molar-refractivity contribution >= 4 is 29.5 Å². The molecule has 1 amide bonds. The van der Waals surface area contributed by atoms with Crippen LogP contribution in [0.4, 0.5) is 11.6 Å². The minimum Gasteiger partial charge on any atom is -0.368 e. The Bertz CT molecular complexity index is 1090. The van der Waals surface area contributed by atoms with Crippen LogP contribution in [-0.4, -0.2) is 64.5 Å². The molecule has 1 saturated carbocycles. The molecule has 2 heterocycles. The number of allylic oxidation sites excluding steroid dienone is 2. The first-order valence-corrected chi connectivity index (χ1v) is 15.0. The van der Waals surface area contributed by atoms with Gasteiger partial charge in [-0.05, 0) is 69.3 Å². The molecular weight excluding hydrogens is 488 g/mol. The van der Waals surface area contributed by atoms with Crippen molar-refractivity contribution in [2.45, 2.75) is 112 Å². The van der Waals surface area contributed by atoms with E-state index >= 15 is 0 Å². The first kappa shape index (κ1) is 29.5. The summed E-state index contributed by atoms with van der Waals surface area (Å²) in [5.41, 5.74) is 3.74. The number of nitrogens with zero attached hydrogens (tertiary/aromatic N) is 5. The third-order valence-corrected chi connectivity index (χ3v) is 7.93. The molecule has 1 unspecified atom stereocenters. The van der Waals surface area contributed by atoms with E-state index in [0.717, 1.165) is 93.2 Å². The van der Waals surface area contributed by atoms with Crippen LogP contribution in [0.25, 0.3) is 0 Å². The van der Waals surface area contributed by atoms with Crippen LogP contribution in [0, 0.1) is 11.3 Å². The summed E-state index contributed by atoms with van der Waals surface area (Å²) < 4.78 is 5.90. The van der Waals surface area contributed by atoms with E-state index in [1.165, 1.54) is 5.57 Å². The van der Waals surface area contributed by atoms with Crippen molar-refractivity contribution in [2.75, 3.05) is 19.7 Å². The molecule has 214 valence electrons. The van der Waals surface area contributed by atoms with Crippen molar-refractivity contribution in [3.8, 4) is 0 Å². The van der Waals surface area contributed by atoms with Crippen LogP contribution in [0.15, 0.2) is 21.6 Å². The minimum absolute atomic E-state index is 0.00964.